The fraction of sp³-hybridized carbons (Fsp3) is 0.667. The maximum atomic E-state index is 5.38. The van der Waals surface area contributed by atoms with Crippen molar-refractivity contribution < 1.29 is 13.3 Å². The molecule has 4 nitrogen and oxygen atoms in total. The van der Waals surface area contributed by atoms with Crippen molar-refractivity contribution in [3.05, 3.63) is 24.4 Å². The lowest BCUT2D eigenvalue weighted by molar-refractivity contribution is 0.122. The summed E-state index contributed by atoms with van der Waals surface area (Å²) in [5.41, 5.74) is 0. The van der Waals surface area contributed by atoms with Crippen LogP contribution in [0.4, 0.5) is 0 Å². The number of allylic oxidation sites excluding steroid dienone is 2. The fourth-order valence-electron chi connectivity index (χ4n) is 1.89. The van der Waals surface area contributed by atoms with Gasteiger partial charge < -0.3 is 18.2 Å². The highest BCUT2D eigenvalue weighted by atomic mass is 28.4. The molecule has 0 aromatic carbocycles. The van der Waals surface area contributed by atoms with Gasteiger partial charge in [-0.2, -0.15) is 0 Å². The summed E-state index contributed by atoms with van der Waals surface area (Å²) in [5, 5.41) is 0. The highest BCUT2D eigenvalue weighted by molar-refractivity contribution is 6.60. The van der Waals surface area contributed by atoms with E-state index in [1.807, 2.05) is 0 Å². The number of hydrogen-bond acceptors (Lipinski definition) is 4. The average Bonchev–Trinajstić information content (AvgIpc) is 2.41. The number of nitrogens with zero attached hydrogens (tertiary/aromatic N) is 1. The van der Waals surface area contributed by atoms with Crippen LogP contribution >= 0.6 is 0 Å². The standard InChI is InChI=1S/C12H23NO3Si/c1-14-17(15-2,16-3)12-8-7-11-13-9-5-4-6-10-13/h4-6,9H,7-8,10-12H2,1-3H3. The van der Waals surface area contributed by atoms with E-state index in [0.717, 1.165) is 32.0 Å². The predicted octanol–water partition coefficient (Wildman–Crippen LogP) is 2.03. The summed E-state index contributed by atoms with van der Waals surface area (Å²) in [6.45, 7) is 2.08. The quantitative estimate of drug-likeness (QED) is 0.492. The van der Waals surface area contributed by atoms with Crippen LogP contribution in [-0.2, 0) is 13.3 Å². The zero-order valence-corrected chi connectivity index (χ0v) is 12.0. The summed E-state index contributed by atoms with van der Waals surface area (Å²) in [6, 6.07) is 0.879. The summed E-state index contributed by atoms with van der Waals surface area (Å²) >= 11 is 0. The van der Waals surface area contributed by atoms with Crippen molar-refractivity contribution >= 4 is 8.80 Å². The molecule has 0 atom stereocenters. The van der Waals surface area contributed by atoms with Gasteiger partial charge in [0, 0.05) is 40.5 Å². The Bertz CT molecular complexity index is 256. The van der Waals surface area contributed by atoms with Gasteiger partial charge in [-0.1, -0.05) is 12.2 Å². The second-order valence-electron chi connectivity index (χ2n) is 4.02. The second kappa shape index (κ2) is 7.65. The minimum Gasteiger partial charge on any atom is -0.377 e. The first-order valence-electron chi connectivity index (χ1n) is 5.99. The molecule has 0 aromatic heterocycles. The van der Waals surface area contributed by atoms with Crippen molar-refractivity contribution in [1.29, 1.82) is 0 Å². The normalized spacial score (nSPS) is 15.6. The molecule has 0 unspecified atom stereocenters. The van der Waals surface area contributed by atoms with Crippen LogP contribution in [0, 0.1) is 0 Å². The Kier molecular flexibility index (Phi) is 6.50. The van der Waals surface area contributed by atoms with Gasteiger partial charge >= 0.3 is 8.80 Å². The Morgan fingerprint density at radius 2 is 1.76 bits per heavy atom. The van der Waals surface area contributed by atoms with E-state index in [9.17, 15) is 0 Å². The molecule has 1 rings (SSSR count). The lowest BCUT2D eigenvalue weighted by Gasteiger charge is -2.25. The molecule has 17 heavy (non-hydrogen) atoms. The predicted molar refractivity (Wildman–Crippen MR) is 70.7 cm³/mol. The first-order valence-corrected chi connectivity index (χ1v) is 7.92. The smallest absolute Gasteiger partial charge is 0.377 e. The van der Waals surface area contributed by atoms with Gasteiger partial charge in [-0.3, -0.25) is 0 Å². The van der Waals surface area contributed by atoms with Crippen molar-refractivity contribution in [3.8, 4) is 0 Å². The third-order valence-corrected chi connectivity index (χ3v) is 5.83. The molecule has 0 bridgehead atoms. The second-order valence-corrected chi connectivity index (χ2v) is 7.11. The molecule has 0 radical (unpaired) electrons. The fourth-order valence-corrected chi connectivity index (χ4v) is 3.68. The lowest BCUT2D eigenvalue weighted by atomic mass is 10.3. The molecule has 0 N–H and O–H groups in total. The van der Waals surface area contributed by atoms with Gasteiger partial charge in [-0.25, -0.2) is 0 Å². The van der Waals surface area contributed by atoms with E-state index in [0.29, 0.717) is 0 Å². The van der Waals surface area contributed by atoms with Crippen LogP contribution in [0.3, 0.4) is 0 Å². The van der Waals surface area contributed by atoms with Gasteiger partial charge in [0.25, 0.3) is 0 Å². The Morgan fingerprint density at radius 1 is 1.06 bits per heavy atom. The molecule has 1 aliphatic heterocycles. The third kappa shape index (κ3) is 4.63. The third-order valence-electron chi connectivity index (χ3n) is 3.00. The molecule has 0 amide bonds. The Morgan fingerprint density at radius 3 is 2.29 bits per heavy atom. The highest BCUT2D eigenvalue weighted by Gasteiger charge is 2.36. The highest BCUT2D eigenvalue weighted by Crippen LogP contribution is 2.16. The summed E-state index contributed by atoms with van der Waals surface area (Å²) in [7, 11) is 2.64. The van der Waals surface area contributed by atoms with Gasteiger partial charge in [0.1, 0.15) is 0 Å². The molecular formula is C12H23NO3Si. The first-order chi connectivity index (χ1) is 8.26. The Balaban J connectivity index is 2.18. The average molecular weight is 257 g/mol. The van der Waals surface area contributed by atoms with E-state index in [2.05, 4.69) is 29.3 Å². The van der Waals surface area contributed by atoms with Crippen LogP contribution in [0.25, 0.3) is 0 Å². The van der Waals surface area contributed by atoms with Gasteiger partial charge in [-0.15, -0.1) is 0 Å². The molecule has 0 aromatic rings. The summed E-state index contributed by atoms with van der Waals surface area (Å²) in [6.07, 6.45) is 10.6. The van der Waals surface area contributed by atoms with Gasteiger partial charge in [0.05, 0.1) is 0 Å². The van der Waals surface area contributed by atoms with Gasteiger partial charge in [-0.05, 0) is 25.1 Å². The lowest BCUT2D eigenvalue weighted by Crippen LogP contribution is -2.42. The molecule has 1 heterocycles. The maximum absolute atomic E-state index is 5.38. The molecular weight excluding hydrogens is 234 g/mol. The molecule has 0 aliphatic carbocycles. The minimum atomic E-state index is -2.35. The summed E-state index contributed by atoms with van der Waals surface area (Å²) < 4.78 is 16.2. The number of hydrogen-bond donors (Lipinski definition) is 0. The zero-order chi connectivity index (χ0) is 12.6. The van der Waals surface area contributed by atoms with E-state index in [4.69, 9.17) is 13.3 Å². The van der Waals surface area contributed by atoms with Crippen molar-refractivity contribution in [3.63, 3.8) is 0 Å². The molecule has 0 saturated heterocycles. The Labute approximate surface area is 105 Å². The Hall–Kier alpha value is -0.623. The van der Waals surface area contributed by atoms with E-state index < -0.39 is 8.80 Å². The summed E-state index contributed by atoms with van der Waals surface area (Å²) in [4.78, 5) is 2.30. The number of rotatable bonds is 8. The molecule has 5 heteroatoms. The van der Waals surface area contributed by atoms with Crippen LogP contribution < -0.4 is 0 Å². The largest absolute Gasteiger partial charge is 0.500 e. The molecule has 98 valence electrons. The zero-order valence-electron chi connectivity index (χ0n) is 11.0. The number of unbranched alkanes of at least 4 members (excludes halogenated alkanes) is 1. The molecule has 1 aliphatic rings. The minimum absolute atomic E-state index is 0.879. The molecule has 0 spiro atoms. The monoisotopic (exact) mass is 257 g/mol. The van der Waals surface area contributed by atoms with Crippen molar-refractivity contribution in [2.75, 3.05) is 34.4 Å². The van der Waals surface area contributed by atoms with E-state index in [-0.39, 0.29) is 0 Å². The first kappa shape index (κ1) is 14.4. The van der Waals surface area contributed by atoms with E-state index >= 15 is 0 Å². The summed E-state index contributed by atoms with van der Waals surface area (Å²) in [5.74, 6) is 0. The maximum Gasteiger partial charge on any atom is 0.500 e. The topological polar surface area (TPSA) is 30.9 Å². The van der Waals surface area contributed by atoms with Crippen molar-refractivity contribution in [2.45, 2.75) is 18.9 Å². The van der Waals surface area contributed by atoms with Crippen LogP contribution in [0.15, 0.2) is 24.4 Å². The molecule has 0 fully saturated rings. The van der Waals surface area contributed by atoms with Crippen LogP contribution in [0.5, 0.6) is 0 Å². The van der Waals surface area contributed by atoms with Gasteiger partial charge in [0.2, 0.25) is 0 Å². The SMILES string of the molecule is CO[Si](CCCCN1C=CC=CC1)(OC)OC. The van der Waals surface area contributed by atoms with Crippen LogP contribution in [-0.4, -0.2) is 48.1 Å². The van der Waals surface area contributed by atoms with E-state index in [1.165, 1.54) is 0 Å². The van der Waals surface area contributed by atoms with Crippen molar-refractivity contribution in [1.82, 2.24) is 4.90 Å². The van der Waals surface area contributed by atoms with Crippen LogP contribution in [0.2, 0.25) is 6.04 Å². The van der Waals surface area contributed by atoms with Crippen LogP contribution in [0.1, 0.15) is 12.8 Å². The van der Waals surface area contributed by atoms with Crippen molar-refractivity contribution in [2.24, 2.45) is 0 Å². The van der Waals surface area contributed by atoms with E-state index in [1.54, 1.807) is 21.3 Å². The molecule has 0 saturated carbocycles. The van der Waals surface area contributed by atoms with Gasteiger partial charge in [0.15, 0.2) is 0 Å².